The van der Waals surface area contributed by atoms with Crippen LogP contribution in [-0.4, -0.2) is 37.0 Å². The molecule has 230 valence electrons. The van der Waals surface area contributed by atoms with Crippen LogP contribution in [0.4, 0.5) is 0 Å². The number of hydrogen-bond acceptors (Lipinski definition) is 4. The van der Waals surface area contributed by atoms with Gasteiger partial charge in [-0.3, -0.25) is 0 Å². The summed E-state index contributed by atoms with van der Waals surface area (Å²) in [6, 6.07) is 0. The lowest BCUT2D eigenvalue weighted by Crippen LogP contribution is -2.54. The van der Waals surface area contributed by atoms with Crippen molar-refractivity contribution in [1.29, 1.82) is 0 Å². The highest BCUT2D eigenvalue weighted by atomic mass is 16.5. The van der Waals surface area contributed by atoms with Crippen molar-refractivity contribution in [3.8, 4) is 0 Å². The Labute approximate surface area is 246 Å². The van der Waals surface area contributed by atoms with Gasteiger partial charge in [0.05, 0.1) is 12.7 Å². The predicted molar refractivity (Wildman–Crippen MR) is 164 cm³/mol. The first kappa shape index (κ1) is 32.1. The van der Waals surface area contributed by atoms with Crippen molar-refractivity contribution in [3.63, 3.8) is 0 Å². The molecule has 0 bridgehead atoms. The van der Waals surface area contributed by atoms with Crippen LogP contribution in [-0.2, 0) is 14.3 Å². The molecule has 0 saturated heterocycles. The number of carbonyl (C=O) groups excluding carboxylic acids is 1. The Morgan fingerprint density at radius 2 is 1.68 bits per heavy atom. The molecule has 0 radical (unpaired) electrons. The maximum Gasteiger partial charge on any atom is 0.333 e. The van der Waals surface area contributed by atoms with Crippen LogP contribution in [0.1, 0.15) is 125 Å². The van der Waals surface area contributed by atoms with E-state index < -0.39 is 0 Å². The molecule has 0 aliphatic heterocycles. The van der Waals surface area contributed by atoms with Crippen LogP contribution < -0.4 is 0 Å². The van der Waals surface area contributed by atoms with E-state index in [1.165, 1.54) is 77.0 Å². The molecule has 4 aliphatic rings. The molecule has 0 spiro atoms. The van der Waals surface area contributed by atoms with Crippen LogP contribution in [0.25, 0.3) is 0 Å². The third-order valence-corrected chi connectivity index (χ3v) is 12.8. The van der Waals surface area contributed by atoms with Crippen molar-refractivity contribution < 1.29 is 19.4 Å². The minimum atomic E-state index is -0.381. The van der Waals surface area contributed by atoms with Gasteiger partial charge < -0.3 is 14.6 Å². The van der Waals surface area contributed by atoms with Gasteiger partial charge in [0.25, 0.3) is 0 Å². The zero-order valence-corrected chi connectivity index (χ0v) is 26.9. The standard InChI is InChI=1S/C36H62O4/c1-24(2)9-8-10-26(5)31-13-14-32-30-12-11-28-21-29(15-18-35(28,6)33(30)16-19-36(31,32)7)39-20-17-27(22-37)23-40-34(38)25(3)4/h24,26-33,37H,3,8-23H2,1-2,4-7H3/t26-,27?,28+,29+,30+,31?,32+,33+,35+,36-/m1/s1. The van der Waals surface area contributed by atoms with Gasteiger partial charge in [-0.05, 0) is 123 Å². The fourth-order valence-corrected chi connectivity index (χ4v) is 10.3. The average molecular weight is 559 g/mol. The van der Waals surface area contributed by atoms with E-state index in [9.17, 15) is 9.90 Å². The summed E-state index contributed by atoms with van der Waals surface area (Å²) in [5, 5.41) is 9.73. The minimum Gasteiger partial charge on any atom is -0.462 e. The minimum absolute atomic E-state index is 0.0128. The molecule has 4 nitrogen and oxygen atoms in total. The highest BCUT2D eigenvalue weighted by Crippen LogP contribution is 2.68. The lowest BCUT2D eigenvalue weighted by Gasteiger charge is -2.61. The number of hydrogen-bond donors (Lipinski definition) is 1. The number of rotatable bonds is 13. The first-order chi connectivity index (χ1) is 19.0. The van der Waals surface area contributed by atoms with Crippen molar-refractivity contribution in [2.75, 3.05) is 19.8 Å². The van der Waals surface area contributed by atoms with Crippen molar-refractivity contribution >= 4 is 5.97 Å². The molecule has 0 aromatic carbocycles. The molecule has 4 fully saturated rings. The van der Waals surface area contributed by atoms with Crippen molar-refractivity contribution in [3.05, 3.63) is 12.2 Å². The van der Waals surface area contributed by atoms with Gasteiger partial charge in [0.2, 0.25) is 0 Å². The molecule has 0 amide bonds. The topological polar surface area (TPSA) is 55.8 Å². The van der Waals surface area contributed by atoms with E-state index in [1.54, 1.807) is 6.92 Å². The first-order valence-corrected chi connectivity index (χ1v) is 17.0. The molecular weight excluding hydrogens is 496 g/mol. The lowest BCUT2D eigenvalue weighted by molar-refractivity contribution is -0.142. The van der Waals surface area contributed by atoms with Crippen molar-refractivity contribution in [1.82, 2.24) is 0 Å². The molecule has 40 heavy (non-hydrogen) atoms. The lowest BCUT2D eigenvalue weighted by atomic mass is 9.44. The Kier molecular flexibility index (Phi) is 10.9. The Balaban J connectivity index is 1.28. The molecule has 0 aromatic heterocycles. The number of carbonyl (C=O) groups is 1. The molecule has 4 heteroatoms. The SMILES string of the molecule is C=C(C)C(=O)OCC(CO)CCO[C@H]1CC[C@@]2(C)[C@@H](CC[C@@H]3[C@@H]2CC[C@]2(C)C([C@H](C)CCCC(C)C)CC[C@@H]32)C1. The smallest absolute Gasteiger partial charge is 0.333 e. The van der Waals surface area contributed by atoms with Gasteiger partial charge in [0.1, 0.15) is 0 Å². The first-order valence-electron chi connectivity index (χ1n) is 17.0. The van der Waals surface area contributed by atoms with Crippen molar-refractivity contribution in [2.24, 2.45) is 58.2 Å². The molecule has 4 aliphatic carbocycles. The van der Waals surface area contributed by atoms with E-state index in [2.05, 4.69) is 41.2 Å². The van der Waals surface area contributed by atoms with E-state index in [0.717, 1.165) is 47.8 Å². The average Bonchev–Trinajstić information content (AvgIpc) is 3.27. The molecule has 4 saturated carbocycles. The second-order valence-corrected chi connectivity index (χ2v) is 15.7. The predicted octanol–water partition coefficient (Wildman–Crippen LogP) is 8.61. The summed E-state index contributed by atoms with van der Waals surface area (Å²) in [5.41, 5.74) is 1.45. The zero-order chi connectivity index (χ0) is 29.1. The summed E-state index contributed by atoms with van der Waals surface area (Å²) in [6.45, 7) is 18.9. The summed E-state index contributed by atoms with van der Waals surface area (Å²) >= 11 is 0. The van der Waals surface area contributed by atoms with E-state index >= 15 is 0 Å². The van der Waals surface area contributed by atoms with Crippen LogP contribution >= 0.6 is 0 Å². The van der Waals surface area contributed by atoms with Gasteiger partial charge in [-0.1, -0.05) is 60.5 Å². The molecule has 10 atom stereocenters. The van der Waals surface area contributed by atoms with Crippen LogP contribution in [0.5, 0.6) is 0 Å². The van der Waals surface area contributed by atoms with Crippen molar-refractivity contribution in [2.45, 2.75) is 131 Å². The van der Waals surface area contributed by atoms with Crippen LogP contribution in [0, 0.1) is 58.2 Å². The summed E-state index contributed by atoms with van der Waals surface area (Å²) < 4.78 is 11.7. The molecule has 4 rings (SSSR count). The highest BCUT2D eigenvalue weighted by Gasteiger charge is 2.60. The van der Waals surface area contributed by atoms with E-state index in [-0.39, 0.29) is 25.1 Å². The summed E-state index contributed by atoms with van der Waals surface area (Å²) in [4.78, 5) is 11.7. The van der Waals surface area contributed by atoms with Crippen LogP contribution in [0.15, 0.2) is 12.2 Å². The van der Waals surface area contributed by atoms with E-state index in [4.69, 9.17) is 9.47 Å². The second-order valence-electron chi connectivity index (χ2n) is 15.7. The Bertz CT molecular complexity index is 852. The maximum absolute atomic E-state index is 11.7. The summed E-state index contributed by atoms with van der Waals surface area (Å²) in [6.07, 6.45) is 17.7. The number of aliphatic hydroxyl groups is 1. The van der Waals surface area contributed by atoms with Gasteiger partial charge in [-0.15, -0.1) is 0 Å². The van der Waals surface area contributed by atoms with Crippen LogP contribution in [0.3, 0.4) is 0 Å². The normalized spacial score (nSPS) is 38.7. The van der Waals surface area contributed by atoms with E-state index in [0.29, 0.717) is 29.1 Å². The fraction of sp³-hybridized carbons (Fsp3) is 0.917. The Hall–Kier alpha value is -0.870. The van der Waals surface area contributed by atoms with Gasteiger partial charge in [0, 0.05) is 24.7 Å². The number of ether oxygens (including phenoxy) is 2. The largest absolute Gasteiger partial charge is 0.462 e. The van der Waals surface area contributed by atoms with Gasteiger partial charge in [0.15, 0.2) is 0 Å². The fourth-order valence-electron chi connectivity index (χ4n) is 10.3. The van der Waals surface area contributed by atoms with E-state index in [1.807, 2.05) is 0 Å². The molecule has 0 heterocycles. The Morgan fingerprint density at radius 1 is 0.950 bits per heavy atom. The number of fused-ring (bicyclic) bond motifs is 5. The highest BCUT2D eigenvalue weighted by molar-refractivity contribution is 5.86. The second kappa shape index (κ2) is 13.6. The number of aliphatic hydroxyl groups excluding tert-OH is 1. The molecular formula is C36H62O4. The molecule has 2 unspecified atom stereocenters. The maximum atomic E-state index is 11.7. The molecule has 0 aromatic rings. The number of esters is 1. The zero-order valence-electron chi connectivity index (χ0n) is 26.9. The molecule has 1 N–H and O–H groups in total. The van der Waals surface area contributed by atoms with Gasteiger partial charge in [-0.25, -0.2) is 4.79 Å². The van der Waals surface area contributed by atoms with Crippen LogP contribution in [0.2, 0.25) is 0 Å². The van der Waals surface area contributed by atoms with Gasteiger partial charge in [-0.2, -0.15) is 0 Å². The Morgan fingerprint density at radius 3 is 2.38 bits per heavy atom. The third-order valence-electron chi connectivity index (χ3n) is 12.8. The summed E-state index contributed by atoms with van der Waals surface area (Å²) in [5.74, 6) is 5.78. The quantitative estimate of drug-likeness (QED) is 0.182. The van der Waals surface area contributed by atoms with Gasteiger partial charge >= 0.3 is 5.97 Å². The summed E-state index contributed by atoms with van der Waals surface area (Å²) in [7, 11) is 0. The monoisotopic (exact) mass is 558 g/mol. The third kappa shape index (κ3) is 6.85.